The lowest BCUT2D eigenvalue weighted by atomic mass is 9.80. The molecular weight excluding hydrogens is 248 g/mol. The van der Waals surface area contributed by atoms with Crippen LogP contribution < -0.4 is 0 Å². The minimum absolute atomic E-state index is 0.0522. The van der Waals surface area contributed by atoms with Gasteiger partial charge < -0.3 is 5.11 Å². The Morgan fingerprint density at radius 3 is 2.30 bits per heavy atom. The summed E-state index contributed by atoms with van der Waals surface area (Å²) in [6.07, 6.45) is 0. The zero-order valence-electron chi connectivity index (χ0n) is 12.6. The Morgan fingerprint density at radius 1 is 1.10 bits per heavy atom. The molecule has 1 atom stereocenters. The highest BCUT2D eigenvalue weighted by molar-refractivity contribution is 5.91. The lowest BCUT2D eigenvalue weighted by molar-refractivity contribution is -0.127. The molecule has 2 aromatic carbocycles. The van der Waals surface area contributed by atoms with Crippen LogP contribution in [0.25, 0.3) is 10.8 Å². The number of ketones is 1. The van der Waals surface area contributed by atoms with Crippen LogP contribution in [0.2, 0.25) is 0 Å². The van der Waals surface area contributed by atoms with Crippen molar-refractivity contribution >= 4 is 16.6 Å². The van der Waals surface area contributed by atoms with Crippen LogP contribution in [0.3, 0.4) is 0 Å². The van der Waals surface area contributed by atoms with Crippen LogP contribution in [0.5, 0.6) is 0 Å². The number of rotatable bonds is 3. The van der Waals surface area contributed by atoms with Crippen LogP contribution in [0.4, 0.5) is 0 Å². The molecule has 0 radical (unpaired) electrons. The van der Waals surface area contributed by atoms with Crippen LogP contribution in [0.15, 0.2) is 36.4 Å². The van der Waals surface area contributed by atoms with Gasteiger partial charge >= 0.3 is 0 Å². The van der Waals surface area contributed by atoms with E-state index in [0.717, 1.165) is 21.9 Å². The van der Waals surface area contributed by atoms with Gasteiger partial charge in [0.05, 0.1) is 6.61 Å². The van der Waals surface area contributed by atoms with Gasteiger partial charge in [0, 0.05) is 11.3 Å². The van der Waals surface area contributed by atoms with Gasteiger partial charge in [0.2, 0.25) is 0 Å². The predicted molar refractivity (Wildman–Crippen MR) is 82.7 cm³/mol. The van der Waals surface area contributed by atoms with E-state index >= 15 is 0 Å². The van der Waals surface area contributed by atoms with Gasteiger partial charge in [0.25, 0.3) is 0 Å². The third-order valence-corrected chi connectivity index (χ3v) is 3.74. The van der Waals surface area contributed by atoms with Crippen molar-refractivity contribution in [2.75, 3.05) is 0 Å². The fourth-order valence-corrected chi connectivity index (χ4v) is 2.48. The topological polar surface area (TPSA) is 37.3 Å². The SMILES string of the molecule is CC(C(=O)C(C)(C)C)c1ccc2cc(CO)ccc2c1. The molecule has 0 saturated heterocycles. The van der Waals surface area contributed by atoms with Gasteiger partial charge in [-0.15, -0.1) is 0 Å². The highest BCUT2D eigenvalue weighted by Crippen LogP contribution is 2.29. The largest absolute Gasteiger partial charge is 0.392 e. The highest BCUT2D eigenvalue weighted by atomic mass is 16.3. The molecule has 2 aromatic rings. The van der Waals surface area contributed by atoms with Gasteiger partial charge in [0.15, 0.2) is 0 Å². The van der Waals surface area contributed by atoms with Crippen molar-refractivity contribution in [3.63, 3.8) is 0 Å². The van der Waals surface area contributed by atoms with Gasteiger partial charge in [-0.05, 0) is 28.0 Å². The van der Waals surface area contributed by atoms with Crippen LogP contribution in [-0.4, -0.2) is 10.9 Å². The van der Waals surface area contributed by atoms with E-state index in [4.69, 9.17) is 5.11 Å². The predicted octanol–water partition coefficient (Wildman–Crippen LogP) is 4.05. The smallest absolute Gasteiger partial charge is 0.145 e. The monoisotopic (exact) mass is 270 g/mol. The Hall–Kier alpha value is -1.67. The summed E-state index contributed by atoms with van der Waals surface area (Å²) in [4.78, 5) is 12.4. The van der Waals surface area contributed by atoms with Gasteiger partial charge in [-0.2, -0.15) is 0 Å². The van der Waals surface area contributed by atoms with E-state index in [1.54, 1.807) is 0 Å². The number of fused-ring (bicyclic) bond motifs is 1. The molecule has 0 aliphatic carbocycles. The van der Waals surface area contributed by atoms with Crippen LogP contribution in [-0.2, 0) is 11.4 Å². The van der Waals surface area contributed by atoms with Crippen LogP contribution in [0.1, 0.15) is 44.7 Å². The third-order valence-electron chi connectivity index (χ3n) is 3.74. The molecule has 2 heteroatoms. The molecule has 0 spiro atoms. The summed E-state index contributed by atoms with van der Waals surface area (Å²) in [5.74, 6) is 0.153. The molecule has 0 bridgehead atoms. The van der Waals surface area contributed by atoms with E-state index in [-0.39, 0.29) is 23.7 Å². The average molecular weight is 270 g/mol. The molecule has 1 unspecified atom stereocenters. The van der Waals surface area contributed by atoms with Crippen molar-refractivity contribution in [2.45, 2.75) is 40.2 Å². The second-order valence-corrected chi connectivity index (χ2v) is 6.43. The summed E-state index contributed by atoms with van der Waals surface area (Å²) in [5, 5.41) is 11.4. The second kappa shape index (κ2) is 5.37. The zero-order chi connectivity index (χ0) is 14.9. The number of aliphatic hydroxyl groups is 1. The Balaban J connectivity index is 2.39. The molecule has 20 heavy (non-hydrogen) atoms. The Morgan fingerprint density at radius 2 is 1.70 bits per heavy atom. The summed E-state index contributed by atoms with van der Waals surface area (Å²) in [5.41, 5.74) is 1.63. The molecule has 0 heterocycles. The van der Waals surface area contributed by atoms with Crippen molar-refractivity contribution in [2.24, 2.45) is 5.41 Å². The fraction of sp³-hybridized carbons (Fsp3) is 0.389. The molecule has 0 amide bonds. The van der Waals surface area contributed by atoms with Crippen molar-refractivity contribution in [3.05, 3.63) is 47.5 Å². The minimum Gasteiger partial charge on any atom is -0.392 e. The van der Waals surface area contributed by atoms with E-state index in [1.165, 1.54) is 0 Å². The van der Waals surface area contributed by atoms with E-state index < -0.39 is 0 Å². The number of carbonyl (C=O) groups excluding carboxylic acids is 1. The quantitative estimate of drug-likeness (QED) is 0.913. The Labute approximate surface area is 120 Å². The van der Waals surface area contributed by atoms with Crippen molar-refractivity contribution in [3.8, 4) is 0 Å². The molecular formula is C18H22O2. The van der Waals surface area contributed by atoms with E-state index in [2.05, 4.69) is 6.07 Å². The second-order valence-electron chi connectivity index (χ2n) is 6.43. The first-order chi connectivity index (χ1) is 9.32. The van der Waals surface area contributed by atoms with Gasteiger partial charge in [-0.25, -0.2) is 0 Å². The molecule has 106 valence electrons. The highest BCUT2D eigenvalue weighted by Gasteiger charge is 2.27. The summed E-state index contributed by atoms with van der Waals surface area (Å²) >= 11 is 0. The molecule has 0 saturated carbocycles. The number of benzene rings is 2. The first kappa shape index (κ1) is 14.7. The number of Topliss-reactive ketones (excluding diaryl/α,β-unsaturated/α-hetero) is 1. The Bertz CT molecular complexity index is 635. The molecule has 2 nitrogen and oxygen atoms in total. The molecule has 2 rings (SSSR count). The molecule has 0 aromatic heterocycles. The van der Waals surface area contributed by atoms with Gasteiger partial charge in [-0.1, -0.05) is 58.0 Å². The first-order valence-corrected chi connectivity index (χ1v) is 7.00. The zero-order valence-corrected chi connectivity index (χ0v) is 12.6. The maximum Gasteiger partial charge on any atom is 0.145 e. The van der Waals surface area contributed by atoms with Crippen molar-refractivity contribution in [1.82, 2.24) is 0 Å². The minimum atomic E-state index is -0.324. The number of carbonyl (C=O) groups is 1. The number of hydrogen-bond donors (Lipinski definition) is 1. The van der Waals surface area contributed by atoms with Crippen LogP contribution >= 0.6 is 0 Å². The lowest BCUT2D eigenvalue weighted by Crippen LogP contribution is -2.25. The lowest BCUT2D eigenvalue weighted by Gasteiger charge is -2.22. The Kier molecular flexibility index (Phi) is 3.96. The van der Waals surface area contributed by atoms with E-state index in [9.17, 15) is 4.79 Å². The third kappa shape index (κ3) is 2.91. The average Bonchev–Trinajstić information content (AvgIpc) is 2.43. The summed E-state index contributed by atoms with van der Waals surface area (Å²) in [6, 6.07) is 12.0. The molecule has 0 aliphatic rings. The summed E-state index contributed by atoms with van der Waals surface area (Å²) in [6.45, 7) is 7.90. The van der Waals surface area contributed by atoms with E-state index in [1.807, 2.05) is 58.0 Å². The molecule has 1 N–H and O–H groups in total. The van der Waals surface area contributed by atoms with E-state index in [0.29, 0.717) is 0 Å². The number of aliphatic hydroxyl groups excluding tert-OH is 1. The maximum absolute atomic E-state index is 12.4. The van der Waals surface area contributed by atoms with Gasteiger partial charge in [-0.3, -0.25) is 4.79 Å². The summed E-state index contributed by atoms with van der Waals surface area (Å²) in [7, 11) is 0. The van der Waals surface area contributed by atoms with Crippen molar-refractivity contribution < 1.29 is 9.90 Å². The number of hydrogen-bond acceptors (Lipinski definition) is 2. The fourth-order valence-electron chi connectivity index (χ4n) is 2.48. The summed E-state index contributed by atoms with van der Waals surface area (Å²) < 4.78 is 0. The first-order valence-electron chi connectivity index (χ1n) is 7.00. The van der Waals surface area contributed by atoms with Crippen molar-refractivity contribution in [1.29, 1.82) is 0 Å². The molecule has 0 fully saturated rings. The van der Waals surface area contributed by atoms with Crippen LogP contribution in [0, 0.1) is 5.41 Å². The standard InChI is InChI=1S/C18H22O2/c1-12(17(20)18(2,3)4)14-7-8-15-9-13(11-19)5-6-16(15)10-14/h5-10,12,19H,11H2,1-4H3. The normalized spacial score (nSPS) is 13.4. The van der Waals surface area contributed by atoms with Gasteiger partial charge in [0.1, 0.15) is 5.78 Å². The maximum atomic E-state index is 12.4. The molecule has 0 aliphatic heterocycles.